The van der Waals surface area contributed by atoms with E-state index >= 15 is 0 Å². The third-order valence-corrected chi connectivity index (χ3v) is 10.2. The van der Waals surface area contributed by atoms with E-state index in [1.54, 1.807) is 0 Å². The summed E-state index contributed by atoms with van der Waals surface area (Å²) in [5, 5.41) is 52.3. The van der Waals surface area contributed by atoms with Gasteiger partial charge in [0.05, 0.1) is 24.4 Å². The molecule has 0 heterocycles. The van der Waals surface area contributed by atoms with E-state index in [9.17, 15) is 25.2 Å². The van der Waals surface area contributed by atoms with Crippen molar-refractivity contribution in [1.29, 1.82) is 0 Å². The van der Waals surface area contributed by atoms with Gasteiger partial charge in [-0.2, -0.15) is 0 Å². The summed E-state index contributed by atoms with van der Waals surface area (Å²) >= 11 is 0. The second kappa shape index (κ2) is 8.02. The molecule has 4 rings (SSSR count). The molecule has 0 aliphatic heterocycles. The molecule has 11 atom stereocenters. The van der Waals surface area contributed by atoms with Gasteiger partial charge in [0.25, 0.3) is 0 Å². The van der Waals surface area contributed by atoms with Crippen molar-refractivity contribution >= 4 is 5.97 Å². The van der Waals surface area contributed by atoms with Crippen LogP contribution in [0.4, 0.5) is 0 Å². The summed E-state index contributed by atoms with van der Waals surface area (Å²) in [6, 6.07) is 0. The number of aliphatic hydroxyl groups excluding tert-OH is 4. The summed E-state index contributed by atoms with van der Waals surface area (Å²) in [6.07, 6.45) is 4.75. The predicted molar refractivity (Wildman–Crippen MR) is 111 cm³/mol. The van der Waals surface area contributed by atoms with Crippen LogP contribution in [0.2, 0.25) is 0 Å². The van der Waals surface area contributed by atoms with Crippen LogP contribution in [0.1, 0.15) is 78.1 Å². The SMILES string of the molecule is CC12CCC3C(C(O)CC4CC(O)CC(O)C43C)C1CCC2C(O)CCCC(=O)O. The Morgan fingerprint density at radius 3 is 2.47 bits per heavy atom. The fourth-order valence-electron chi connectivity index (χ4n) is 8.60. The highest BCUT2D eigenvalue weighted by Gasteiger charge is 2.64. The van der Waals surface area contributed by atoms with E-state index < -0.39 is 30.4 Å². The van der Waals surface area contributed by atoms with E-state index in [-0.39, 0.29) is 40.9 Å². The van der Waals surface area contributed by atoms with E-state index in [4.69, 9.17) is 5.11 Å². The van der Waals surface area contributed by atoms with Crippen molar-refractivity contribution in [3.63, 3.8) is 0 Å². The number of hydrogen-bond acceptors (Lipinski definition) is 5. The molecule has 0 saturated heterocycles. The molecule has 0 radical (unpaired) electrons. The van der Waals surface area contributed by atoms with Crippen LogP contribution in [-0.2, 0) is 4.79 Å². The van der Waals surface area contributed by atoms with E-state index in [0.717, 1.165) is 25.7 Å². The summed E-state index contributed by atoms with van der Waals surface area (Å²) in [6.45, 7) is 4.46. The first-order valence-electron chi connectivity index (χ1n) is 12.0. The predicted octanol–water partition coefficient (Wildman–Crippen LogP) is 2.56. The fraction of sp³-hybridized carbons (Fsp3) is 0.958. The van der Waals surface area contributed by atoms with Gasteiger partial charge in [0.2, 0.25) is 0 Å². The van der Waals surface area contributed by atoms with Crippen LogP contribution in [0.5, 0.6) is 0 Å². The number of aliphatic hydroxyl groups is 4. The number of hydrogen-bond donors (Lipinski definition) is 5. The molecule has 4 fully saturated rings. The van der Waals surface area contributed by atoms with E-state index in [1.807, 2.05) is 0 Å². The Bertz CT molecular complexity index is 654. The first-order valence-corrected chi connectivity index (χ1v) is 12.0. The van der Waals surface area contributed by atoms with Gasteiger partial charge >= 0.3 is 5.97 Å². The highest BCUT2D eigenvalue weighted by Crippen LogP contribution is 2.67. The third-order valence-electron chi connectivity index (χ3n) is 10.2. The maximum Gasteiger partial charge on any atom is 0.303 e. The quantitative estimate of drug-likeness (QED) is 0.463. The summed E-state index contributed by atoms with van der Waals surface area (Å²) in [5.74, 6) is 0.175. The van der Waals surface area contributed by atoms with E-state index in [2.05, 4.69) is 13.8 Å². The number of carboxylic acid groups (broad SMARTS) is 1. The van der Waals surface area contributed by atoms with E-state index in [1.165, 1.54) is 0 Å². The second-order valence-corrected chi connectivity index (χ2v) is 11.4. The molecule has 11 unspecified atom stereocenters. The summed E-state index contributed by atoms with van der Waals surface area (Å²) in [5.41, 5.74) is -0.310. The molecule has 0 amide bonds. The second-order valence-electron chi connectivity index (χ2n) is 11.4. The number of carboxylic acids is 1. The summed E-state index contributed by atoms with van der Waals surface area (Å²) < 4.78 is 0. The van der Waals surface area contributed by atoms with Gasteiger partial charge in [-0.25, -0.2) is 0 Å². The molecule has 0 bridgehead atoms. The fourth-order valence-corrected chi connectivity index (χ4v) is 8.60. The summed E-state index contributed by atoms with van der Waals surface area (Å²) in [4.78, 5) is 10.8. The Kier molecular flexibility index (Phi) is 6.02. The highest BCUT2D eigenvalue weighted by atomic mass is 16.4. The largest absolute Gasteiger partial charge is 0.481 e. The maximum absolute atomic E-state index is 11.2. The van der Waals surface area contributed by atoms with Crippen molar-refractivity contribution < 1.29 is 30.3 Å². The molecule has 0 aromatic heterocycles. The smallest absolute Gasteiger partial charge is 0.303 e. The average Bonchev–Trinajstić information content (AvgIpc) is 3.01. The van der Waals surface area contributed by atoms with Crippen molar-refractivity contribution in [2.45, 2.75) is 102 Å². The van der Waals surface area contributed by atoms with Crippen LogP contribution in [0.3, 0.4) is 0 Å². The lowest BCUT2D eigenvalue weighted by atomic mass is 9.43. The standard InChI is InChI=1S/C24H40O6/c1-23-9-8-17-22(16(23)7-6-15(23)18(26)4-3-5-21(29)30)19(27)11-13-10-14(25)12-20(28)24(13,17)2/h13-20,22,25-28H,3-12H2,1-2H3,(H,29,30). The van der Waals surface area contributed by atoms with Gasteiger partial charge in [0, 0.05) is 6.42 Å². The molecule has 4 aliphatic carbocycles. The van der Waals surface area contributed by atoms with Crippen molar-refractivity contribution in [1.82, 2.24) is 0 Å². The molecule has 5 N–H and O–H groups in total. The monoisotopic (exact) mass is 424 g/mol. The highest BCUT2D eigenvalue weighted by molar-refractivity contribution is 5.66. The molecule has 0 aromatic rings. The molecule has 4 aliphatic rings. The molecule has 6 heteroatoms. The molecular formula is C24H40O6. The molecule has 0 spiro atoms. The Labute approximate surface area is 179 Å². The minimum atomic E-state index is -0.817. The van der Waals surface area contributed by atoms with Gasteiger partial charge in [0.1, 0.15) is 0 Å². The number of aliphatic carboxylic acids is 1. The maximum atomic E-state index is 11.2. The number of rotatable bonds is 5. The number of fused-ring (bicyclic) bond motifs is 5. The van der Waals surface area contributed by atoms with Gasteiger partial charge < -0.3 is 25.5 Å². The molecule has 0 aromatic carbocycles. The van der Waals surface area contributed by atoms with Gasteiger partial charge in [-0.05, 0) is 98.2 Å². The van der Waals surface area contributed by atoms with Crippen LogP contribution >= 0.6 is 0 Å². The molecular weight excluding hydrogens is 384 g/mol. The van der Waals surface area contributed by atoms with E-state index in [0.29, 0.717) is 38.0 Å². The zero-order valence-electron chi connectivity index (χ0n) is 18.4. The first-order chi connectivity index (χ1) is 14.1. The van der Waals surface area contributed by atoms with Crippen molar-refractivity contribution in [3.05, 3.63) is 0 Å². The number of carbonyl (C=O) groups is 1. The minimum Gasteiger partial charge on any atom is -0.481 e. The van der Waals surface area contributed by atoms with Gasteiger partial charge in [0.15, 0.2) is 0 Å². The van der Waals surface area contributed by atoms with Gasteiger partial charge in [-0.15, -0.1) is 0 Å². The Balaban J connectivity index is 1.54. The lowest BCUT2D eigenvalue weighted by molar-refractivity contribution is -0.213. The normalized spacial score (nSPS) is 51.5. The van der Waals surface area contributed by atoms with Crippen molar-refractivity contribution in [3.8, 4) is 0 Å². The van der Waals surface area contributed by atoms with Crippen LogP contribution in [0, 0.1) is 40.4 Å². The molecule has 172 valence electrons. The zero-order chi connectivity index (χ0) is 21.8. The van der Waals surface area contributed by atoms with Crippen molar-refractivity contribution in [2.75, 3.05) is 0 Å². The van der Waals surface area contributed by atoms with Crippen molar-refractivity contribution in [2.24, 2.45) is 40.4 Å². The topological polar surface area (TPSA) is 118 Å². The minimum absolute atomic E-state index is 0.0485. The van der Waals surface area contributed by atoms with Crippen LogP contribution in [0.25, 0.3) is 0 Å². The molecule has 30 heavy (non-hydrogen) atoms. The third kappa shape index (κ3) is 3.42. The van der Waals surface area contributed by atoms with Crippen LogP contribution < -0.4 is 0 Å². The van der Waals surface area contributed by atoms with Gasteiger partial charge in [-0.1, -0.05) is 13.8 Å². The Morgan fingerprint density at radius 1 is 1.03 bits per heavy atom. The lowest BCUT2D eigenvalue weighted by Crippen LogP contribution is -2.63. The van der Waals surface area contributed by atoms with Crippen LogP contribution in [0.15, 0.2) is 0 Å². The molecule has 4 saturated carbocycles. The lowest BCUT2D eigenvalue weighted by Gasteiger charge is -2.63. The average molecular weight is 425 g/mol. The van der Waals surface area contributed by atoms with Gasteiger partial charge in [-0.3, -0.25) is 4.79 Å². The first kappa shape index (κ1) is 22.5. The summed E-state index contributed by atoms with van der Waals surface area (Å²) in [7, 11) is 0. The Morgan fingerprint density at radius 2 is 1.77 bits per heavy atom. The molecule has 6 nitrogen and oxygen atoms in total. The van der Waals surface area contributed by atoms with Crippen LogP contribution in [-0.4, -0.2) is 55.9 Å². The zero-order valence-corrected chi connectivity index (χ0v) is 18.4. The Hall–Kier alpha value is -0.690.